The third-order valence-corrected chi connectivity index (χ3v) is 3.14. The van der Waals surface area contributed by atoms with Crippen molar-refractivity contribution in [2.45, 2.75) is 32.4 Å². The van der Waals surface area contributed by atoms with Gasteiger partial charge in [-0.15, -0.1) is 0 Å². The molecule has 0 radical (unpaired) electrons. The van der Waals surface area contributed by atoms with E-state index in [0.29, 0.717) is 0 Å². The molecule has 0 bridgehead atoms. The molecular formula is C14H17N3. The van der Waals surface area contributed by atoms with Crippen molar-refractivity contribution in [3.8, 4) is 11.3 Å². The summed E-state index contributed by atoms with van der Waals surface area (Å²) < 4.78 is 0. The van der Waals surface area contributed by atoms with Crippen molar-refractivity contribution >= 4 is 0 Å². The summed E-state index contributed by atoms with van der Waals surface area (Å²) in [6.07, 6.45) is 2.64. The van der Waals surface area contributed by atoms with Gasteiger partial charge in [-0.05, 0) is 25.8 Å². The summed E-state index contributed by atoms with van der Waals surface area (Å²) in [7, 11) is 0. The van der Waals surface area contributed by atoms with Crippen LogP contribution in [-0.2, 0) is 6.54 Å². The minimum Gasteiger partial charge on any atom is -0.308 e. The van der Waals surface area contributed by atoms with Gasteiger partial charge in [0.15, 0.2) is 0 Å². The van der Waals surface area contributed by atoms with Crippen LogP contribution in [0.4, 0.5) is 0 Å². The SMILES string of the molecule is Cc1ccc(-c2cc(CNC3CC3)[nH]n2)cc1. The fraction of sp³-hybridized carbons (Fsp3) is 0.357. The van der Waals surface area contributed by atoms with Crippen LogP contribution in [0.25, 0.3) is 11.3 Å². The van der Waals surface area contributed by atoms with Gasteiger partial charge < -0.3 is 5.32 Å². The van der Waals surface area contributed by atoms with E-state index in [-0.39, 0.29) is 0 Å². The molecule has 3 rings (SSSR count). The molecule has 0 saturated heterocycles. The molecule has 88 valence electrons. The molecule has 0 atom stereocenters. The Balaban J connectivity index is 1.72. The molecule has 0 amide bonds. The number of aromatic amines is 1. The Kier molecular flexibility index (Phi) is 2.69. The highest BCUT2D eigenvalue weighted by Gasteiger charge is 2.20. The first-order chi connectivity index (χ1) is 8.31. The van der Waals surface area contributed by atoms with Crippen LogP contribution in [0.15, 0.2) is 30.3 Å². The topological polar surface area (TPSA) is 40.7 Å². The summed E-state index contributed by atoms with van der Waals surface area (Å²) >= 11 is 0. The number of benzene rings is 1. The summed E-state index contributed by atoms with van der Waals surface area (Å²) in [6, 6.07) is 11.3. The van der Waals surface area contributed by atoms with Gasteiger partial charge in [0.25, 0.3) is 0 Å². The first-order valence-corrected chi connectivity index (χ1v) is 6.16. The molecular weight excluding hydrogens is 210 g/mol. The monoisotopic (exact) mass is 227 g/mol. The van der Waals surface area contributed by atoms with Crippen molar-refractivity contribution in [2.24, 2.45) is 0 Å². The van der Waals surface area contributed by atoms with Crippen LogP contribution in [0, 0.1) is 6.92 Å². The number of hydrogen-bond donors (Lipinski definition) is 2. The predicted octanol–water partition coefficient (Wildman–Crippen LogP) is 2.64. The number of aromatic nitrogens is 2. The molecule has 3 heteroatoms. The first kappa shape index (κ1) is 10.5. The van der Waals surface area contributed by atoms with Gasteiger partial charge in [0.1, 0.15) is 0 Å². The van der Waals surface area contributed by atoms with Crippen LogP contribution in [-0.4, -0.2) is 16.2 Å². The third-order valence-electron chi connectivity index (χ3n) is 3.14. The molecule has 2 N–H and O–H groups in total. The first-order valence-electron chi connectivity index (χ1n) is 6.16. The largest absolute Gasteiger partial charge is 0.308 e. The lowest BCUT2D eigenvalue weighted by Gasteiger charge is -1.98. The van der Waals surface area contributed by atoms with Gasteiger partial charge in [-0.1, -0.05) is 29.8 Å². The molecule has 1 aromatic carbocycles. The second-order valence-corrected chi connectivity index (χ2v) is 4.80. The lowest BCUT2D eigenvalue weighted by molar-refractivity contribution is 0.672. The lowest BCUT2D eigenvalue weighted by Crippen LogP contribution is -2.15. The number of H-pyrrole nitrogens is 1. The van der Waals surface area contributed by atoms with E-state index in [2.05, 4.69) is 52.8 Å². The Labute approximate surface area is 101 Å². The molecule has 0 aliphatic heterocycles. The fourth-order valence-electron chi connectivity index (χ4n) is 1.87. The quantitative estimate of drug-likeness (QED) is 0.843. The van der Waals surface area contributed by atoms with Crippen molar-refractivity contribution in [3.63, 3.8) is 0 Å². The van der Waals surface area contributed by atoms with Crippen molar-refractivity contribution in [3.05, 3.63) is 41.6 Å². The van der Waals surface area contributed by atoms with Crippen LogP contribution < -0.4 is 5.32 Å². The van der Waals surface area contributed by atoms with Gasteiger partial charge in [0.05, 0.1) is 5.69 Å². The Bertz CT molecular complexity index is 494. The van der Waals surface area contributed by atoms with Gasteiger partial charge in [-0.3, -0.25) is 5.10 Å². The van der Waals surface area contributed by atoms with E-state index in [4.69, 9.17) is 0 Å². The maximum absolute atomic E-state index is 4.35. The second-order valence-electron chi connectivity index (χ2n) is 4.80. The van der Waals surface area contributed by atoms with Crippen LogP contribution in [0.3, 0.4) is 0 Å². The molecule has 17 heavy (non-hydrogen) atoms. The van der Waals surface area contributed by atoms with Crippen molar-refractivity contribution < 1.29 is 0 Å². The Hall–Kier alpha value is -1.61. The van der Waals surface area contributed by atoms with Crippen molar-refractivity contribution in [1.82, 2.24) is 15.5 Å². The highest BCUT2D eigenvalue weighted by molar-refractivity contribution is 5.59. The molecule has 3 nitrogen and oxygen atoms in total. The standard InChI is InChI=1S/C14H17N3/c1-10-2-4-11(5-3-10)14-8-13(16-17-14)9-15-12-6-7-12/h2-5,8,12,15H,6-7,9H2,1H3,(H,16,17). The summed E-state index contributed by atoms with van der Waals surface area (Å²) in [5.41, 5.74) is 4.63. The van der Waals surface area contributed by atoms with E-state index in [1.807, 2.05) is 0 Å². The van der Waals surface area contributed by atoms with E-state index in [9.17, 15) is 0 Å². The Morgan fingerprint density at radius 1 is 1.29 bits per heavy atom. The van der Waals surface area contributed by atoms with Crippen LogP contribution in [0.1, 0.15) is 24.1 Å². The molecule has 1 saturated carbocycles. The molecule has 2 aromatic rings. The highest BCUT2D eigenvalue weighted by Crippen LogP contribution is 2.21. The Morgan fingerprint density at radius 3 is 2.76 bits per heavy atom. The number of hydrogen-bond acceptors (Lipinski definition) is 2. The van der Waals surface area contributed by atoms with E-state index in [1.165, 1.54) is 24.0 Å². The van der Waals surface area contributed by atoms with E-state index in [1.54, 1.807) is 0 Å². The van der Waals surface area contributed by atoms with E-state index < -0.39 is 0 Å². The zero-order valence-electron chi connectivity index (χ0n) is 10.0. The summed E-state index contributed by atoms with van der Waals surface area (Å²) in [6.45, 7) is 2.99. The van der Waals surface area contributed by atoms with Gasteiger partial charge in [0, 0.05) is 23.8 Å². The van der Waals surface area contributed by atoms with Crippen LogP contribution >= 0.6 is 0 Å². The third kappa shape index (κ3) is 2.56. The highest BCUT2D eigenvalue weighted by atomic mass is 15.1. The minimum absolute atomic E-state index is 0.737. The van der Waals surface area contributed by atoms with E-state index in [0.717, 1.165) is 24.0 Å². The average Bonchev–Trinajstić information content (AvgIpc) is 3.06. The van der Waals surface area contributed by atoms with Crippen molar-refractivity contribution in [2.75, 3.05) is 0 Å². The normalized spacial score (nSPS) is 15.1. The van der Waals surface area contributed by atoms with Gasteiger partial charge in [-0.2, -0.15) is 5.10 Å². The molecule has 1 aromatic heterocycles. The number of aryl methyl sites for hydroxylation is 1. The zero-order chi connectivity index (χ0) is 11.7. The second kappa shape index (κ2) is 4.34. The van der Waals surface area contributed by atoms with Gasteiger partial charge in [0.2, 0.25) is 0 Å². The van der Waals surface area contributed by atoms with Gasteiger partial charge in [-0.25, -0.2) is 0 Å². The average molecular weight is 227 g/mol. The number of nitrogens with one attached hydrogen (secondary N) is 2. The molecule has 1 fully saturated rings. The van der Waals surface area contributed by atoms with E-state index >= 15 is 0 Å². The Morgan fingerprint density at radius 2 is 2.06 bits per heavy atom. The minimum atomic E-state index is 0.737. The van der Waals surface area contributed by atoms with Crippen LogP contribution in [0.2, 0.25) is 0 Å². The number of rotatable bonds is 4. The summed E-state index contributed by atoms with van der Waals surface area (Å²) in [5, 5.41) is 10.9. The van der Waals surface area contributed by atoms with Gasteiger partial charge >= 0.3 is 0 Å². The predicted molar refractivity (Wildman–Crippen MR) is 68.6 cm³/mol. The number of nitrogens with zero attached hydrogens (tertiary/aromatic N) is 1. The lowest BCUT2D eigenvalue weighted by atomic mass is 10.1. The summed E-state index contributed by atoms with van der Waals surface area (Å²) in [5.74, 6) is 0. The molecule has 0 unspecified atom stereocenters. The summed E-state index contributed by atoms with van der Waals surface area (Å²) in [4.78, 5) is 0. The fourth-order valence-corrected chi connectivity index (χ4v) is 1.87. The maximum Gasteiger partial charge on any atom is 0.0924 e. The smallest absolute Gasteiger partial charge is 0.0924 e. The molecule has 1 aliphatic carbocycles. The molecule has 1 aliphatic rings. The maximum atomic E-state index is 4.35. The molecule has 0 spiro atoms. The van der Waals surface area contributed by atoms with Crippen molar-refractivity contribution in [1.29, 1.82) is 0 Å². The molecule has 1 heterocycles. The van der Waals surface area contributed by atoms with Crippen LogP contribution in [0.5, 0.6) is 0 Å². The zero-order valence-corrected chi connectivity index (χ0v) is 10.0.